The standard InChI is InChI=1S/C34H38N12O2S2/c1-19-8-27(49-17-19)25-13-38-30(32-42-22(15-45(25)32)10-29(47)40-21-5-3-7-37-12-21)41-23-9-28(50-18-23)26-14-39-31(44-34(35)48)33-43-24(16-46(26)33)20-4-2-6-36-11-20/h8-9,13-18,20-21,36-37H,2-7,10-12H2,1H3,(H,38,41)(H,40,47)(H3,35,39,44,48)/t20-,21+/m0/s1. The predicted molar refractivity (Wildman–Crippen MR) is 196 cm³/mol. The lowest BCUT2D eigenvalue weighted by atomic mass is 9.97. The molecule has 0 radical (unpaired) electrons. The number of piperidine rings is 2. The first-order valence-electron chi connectivity index (χ1n) is 16.8. The summed E-state index contributed by atoms with van der Waals surface area (Å²) in [5, 5.41) is 20.2. The second kappa shape index (κ2) is 13.8. The van der Waals surface area contributed by atoms with E-state index in [9.17, 15) is 9.59 Å². The highest BCUT2D eigenvalue weighted by molar-refractivity contribution is 7.14. The van der Waals surface area contributed by atoms with Gasteiger partial charge >= 0.3 is 6.03 Å². The van der Waals surface area contributed by atoms with Crippen LogP contribution in [-0.4, -0.2) is 72.9 Å². The topological polar surface area (TPSA) is 181 Å². The number of rotatable bonds is 9. The number of amides is 3. The Labute approximate surface area is 296 Å². The summed E-state index contributed by atoms with van der Waals surface area (Å²) >= 11 is 3.20. The van der Waals surface area contributed by atoms with Gasteiger partial charge in [0, 0.05) is 42.8 Å². The third-order valence-corrected chi connectivity index (χ3v) is 11.1. The zero-order chi connectivity index (χ0) is 34.2. The number of nitrogens with zero attached hydrogens (tertiary/aromatic N) is 6. The molecule has 0 aromatic carbocycles. The van der Waals surface area contributed by atoms with Crippen LogP contribution in [0.15, 0.2) is 47.7 Å². The minimum atomic E-state index is -0.693. The molecule has 2 fully saturated rings. The van der Waals surface area contributed by atoms with Gasteiger partial charge in [-0.05, 0) is 68.8 Å². The molecule has 8 heterocycles. The highest BCUT2D eigenvalue weighted by atomic mass is 32.1. The Morgan fingerprint density at radius 1 is 0.920 bits per heavy atom. The molecule has 0 spiro atoms. The van der Waals surface area contributed by atoms with Gasteiger partial charge in [-0.25, -0.2) is 24.7 Å². The van der Waals surface area contributed by atoms with Crippen LogP contribution in [0.4, 0.5) is 22.1 Å². The maximum absolute atomic E-state index is 13.0. The summed E-state index contributed by atoms with van der Waals surface area (Å²) in [5.74, 6) is 1.12. The van der Waals surface area contributed by atoms with Crippen LogP contribution in [0.5, 0.6) is 0 Å². The zero-order valence-electron chi connectivity index (χ0n) is 27.5. The molecule has 7 N–H and O–H groups in total. The molecule has 0 saturated carbocycles. The van der Waals surface area contributed by atoms with Crippen LogP contribution in [0, 0.1) is 6.92 Å². The third kappa shape index (κ3) is 6.66. The van der Waals surface area contributed by atoms with Crippen molar-refractivity contribution in [2.24, 2.45) is 5.73 Å². The number of imidazole rings is 2. The number of primary amides is 1. The van der Waals surface area contributed by atoms with Crippen LogP contribution in [0.3, 0.4) is 0 Å². The molecular weight excluding hydrogens is 673 g/mol. The summed E-state index contributed by atoms with van der Waals surface area (Å²) in [6, 6.07) is 3.61. The van der Waals surface area contributed by atoms with Crippen molar-refractivity contribution < 1.29 is 9.59 Å². The number of hydrogen-bond acceptors (Lipinski definition) is 11. The number of carbonyl (C=O) groups is 2. The monoisotopic (exact) mass is 710 g/mol. The van der Waals surface area contributed by atoms with Crippen molar-refractivity contribution in [2.75, 3.05) is 36.8 Å². The quantitative estimate of drug-likeness (QED) is 0.125. The Hall–Kier alpha value is -4.90. The van der Waals surface area contributed by atoms with Gasteiger partial charge in [0.05, 0.1) is 57.0 Å². The molecule has 16 heteroatoms. The lowest BCUT2D eigenvalue weighted by molar-refractivity contribution is -0.121. The molecule has 6 aromatic rings. The predicted octanol–water partition coefficient (Wildman–Crippen LogP) is 4.65. The summed E-state index contributed by atoms with van der Waals surface area (Å²) in [4.78, 5) is 46.0. The molecule has 258 valence electrons. The number of aryl methyl sites for hydroxylation is 1. The number of anilines is 3. The van der Waals surface area contributed by atoms with E-state index in [1.165, 1.54) is 5.56 Å². The summed E-state index contributed by atoms with van der Waals surface area (Å²) in [7, 11) is 0. The van der Waals surface area contributed by atoms with Gasteiger partial charge < -0.3 is 27.0 Å². The number of nitrogens with two attached hydrogens (primary N) is 1. The van der Waals surface area contributed by atoms with Crippen LogP contribution in [0.25, 0.3) is 32.4 Å². The van der Waals surface area contributed by atoms with E-state index in [1.807, 2.05) is 38.8 Å². The molecule has 3 amide bonds. The Morgan fingerprint density at radius 3 is 2.36 bits per heavy atom. The maximum atomic E-state index is 13.0. The largest absolute Gasteiger partial charge is 0.352 e. The molecule has 6 aromatic heterocycles. The van der Waals surface area contributed by atoms with Gasteiger partial charge in [-0.15, -0.1) is 22.7 Å². The van der Waals surface area contributed by atoms with Gasteiger partial charge in [0.25, 0.3) is 0 Å². The molecule has 2 aliphatic rings. The average Bonchev–Trinajstić information content (AvgIpc) is 3.93. The SMILES string of the molecule is Cc1csc(-c2cnc(Nc3csc(-c4cnc(NC(N)=O)c5nc([C@H]6CCCNC6)cn45)c3)c3nc(CC(=O)N[C@@H]4CCCNC4)cn23)c1. The second-order valence-electron chi connectivity index (χ2n) is 12.9. The summed E-state index contributed by atoms with van der Waals surface area (Å²) in [6.07, 6.45) is 11.9. The Bertz CT molecular complexity index is 2190. The molecule has 14 nitrogen and oxygen atoms in total. The number of hydrogen-bond donors (Lipinski definition) is 6. The first-order chi connectivity index (χ1) is 24.4. The summed E-state index contributed by atoms with van der Waals surface area (Å²) in [5.41, 5.74) is 12.0. The first kappa shape index (κ1) is 32.3. The molecule has 2 saturated heterocycles. The van der Waals surface area contributed by atoms with Crippen LogP contribution >= 0.6 is 22.7 Å². The molecule has 0 unspecified atom stereocenters. The highest BCUT2D eigenvalue weighted by Crippen LogP contribution is 2.35. The fraction of sp³-hybridized carbons (Fsp3) is 0.353. The van der Waals surface area contributed by atoms with Gasteiger partial charge in [0.2, 0.25) is 5.91 Å². The van der Waals surface area contributed by atoms with E-state index in [0.29, 0.717) is 28.6 Å². The van der Waals surface area contributed by atoms with Crippen molar-refractivity contribution in [1.82, 2.24) is 44.7 Å². The number of fused-ring (bicyclic) bond motifs is 2. The minimum absolute atomic E-state index is 0.0417. The lowest BCUT2D eigenvalue weighted by Crippen LogP contribution is -2.46. The fourth-order valence-electron chi connectivity index (χ4n) is 6.72. The van der Waals surface area contributed by atoms with Crippen LogP contribution < -0.4 is 32.3 Å². The fourth-order valence-corrected chi connectivity index (χ4v) is 8.47. The summed E-state index contributed by atoms with van der Waals surface area (Å²) in [6.45, 7) is 5.70. The van der Waals surface area contributed by atoms with Gasteiger partial charge in [0.1, 0.15) is 0 Å². The van der Waals surface area contributed by atoms with Crippen LogP contribution in [-0.2, 0) is 11.2 Å². The van der Waals surface area contributed by atoms with Crippen molar-refractivity contribution in [2.45, 2.75) is 51.0 Å². The van der Waals surface area contributed by atoms with E-state index in [2.05, 4.69) is 49.9 Å². The zero-order valence-corrected chi connectivity index (χ0v) is 29.2. The van der Waals surface area contributed by atoms with Gasteiger partial charge in [-0.1, -0.05) is 0 Å². The molecule has 50 heavy (non-hydrogen) atoms. The van der Waals surface area contributed by atoms with Gasteiger partial charge in [-0.3, -0.25) is 18.9 Å². The molecule has 2 aliphatic heterocycles. The molecule has 2 atom stereocenters. The van der Waals surface area contributed by atoms with Crippen LogP contribution in [0.1, 0.15) is 48.6 Å². The Kier molecular flexibility index (Phi) is 8.91. The average molecular weight is 711 g/mol. The van der Waals surface area contributed by atoms with E-state index < -0.39 is 6.03 Å². The smallest absolute Gasteiger partial charge is 0.317 e. The van der Waals surface area contributed by atoms with E-state index >= 15 is 0 Å². The maximum Gasteiger partial charge on any atom is 0.317 e. The van der Waals surface area contributed by atoms with Crippen molar-refractivity contribution in [1.29, 1.82) is 0 Å². The van der Waals surface area contributed by atoms with Gasteiger partial charge in [-0.2, -0.15) is 0 Å². The molecule has 0 bridgehead atoms. The molecule has 0 aliphatic carbocycles. The third-order valence-electron chi connectivity index (χ3n) is 9.11. The van der Waals surface area contributed by atoms with E-state index in [1.54, 1.807) is 28.9 Å². The Balaban J connectivity index is 1.11. The summed E-state index contributed by atoms with van der Waals surface area (Å²) < 4.78 is 3.99. The van der Waals surface area contributed by atoms with E-state index in [0.717, 1.165) is 84.4 Å². The number of aromatic nitrogens is 6. The number of urea groups is 1. The van der Waals surface area contributed by atoms with E-state index in [-0.39, 0.29) is 24.3 Å². The highest BCUT2D eigenvalue weighted by Gasteiger charge is 2.23. The number of nitrogens with one attached hydrogen (secondary N) is 5. The number of carbonyl (C=O) groups excluding carboxylic acids is 2. The van der Waals surface area contributed by atoms with Gasteiger partial charge in [0.15, 0.2) is 22.9 Å². The van der Waals surface area contributed by atoms with E-state index in [4.69, 9.17) is 20.7 Å². The normalized spacial score (nSPS) is 18.0. The Morgan fingerprint density at radius 2 is 1.64 bits per heavy atom. The van der Waals surface area contributed by atoms with Crippen molar-refractivity contribution in [3.8, 4) is 21.1 Å². The second-order valence-corrected chi connectivity index (χ2v) is 14.7. The van der Waals surface area contributed by atoms with Crippen molar-refractivity contribution in [3.05, 3.63) is 64.6 Å². The molecular formula is C34H38N12O2S2. The van der Waals surface area contributed by atoms with Crippen molar-refractivity contribution >= 4 is 63.2 Å². The van der Waals surface area contributed by atoms with Crippen LogP contribution in [0.2, 0.25) is 0 Å². The van der Waals surface area contributed by atoms with Crippen molar-refractivity contribution in [3.63, 3.8) is 0 Å². The minimum Gasteiger partial charge on any atom is -0.352 e. The number of thiophene rings is 2. The molecule has 8 rings (SSSR count). The first-order valence-corrected chi connectivity index (χ1v) is 18.6. The lowest BCUT2D eigenvalue weighted by Gasteiger charge is -2.23.